The first-order valence-corrected chi connectivity index (χ1v) is 13.2. The van der Waals surface area contributed by atoms with E-state index in [1.54, 1.807) is 6.07 Å². The van der Waals surface area contributed by atoms with Gasteiger partial charge in [-0.3, -0.25) is 0 Å². The Morgan fingerprint density at radius 3 is 2.29 bits per heavy atom. The fraction of sp³-hybridized carbons (Fsp3) is 0.600. The third-order valence-electron chi connectivity index (χ3n) is 7.01. The van der Waals surface area contributed by atoms with Crippen LogP contribution in [0.15, 0.2) is 36.6 Å². The van der Waals surface area contributed by atoms with Gasteiger partial charge in [-0.05, 0) is 73.8 Å². The van der Waals surface area contributed by atoms with E-state index < -0.39 is 11.6 Å². The fourth-order valence-electron chi connectivity index (χ4n) is 5.21. The second kappa shape index (κ2) is 10.5. The Kier molecular flexibility index (Phi) is 8.08. The van der Waals surface area contributed by atoms with Crippen molar-refractivity contribution in [2.24, 2.45) is 11.8 Å². The van der Waals surface area contributed by atoms with Gasteiger partial charge in [0, 0.05) is 0 Å². The molecule has 1 saturated carbocycles. The molecule has 1 aromatic carbocycles. The van der Waals surface area contributed by atoms with E-state index in [1.165, 1.54) is 37.8 Å². The van der Waals surface area contributed by atoms with Crippen LogP contribution in [0.2, 0.25) is 12.1 Å². The standard InChI is InChI=1S/C25H35F2Si/c1-3-5-6-7-16-28-17-14-21(15-18-28)20-8-10-22(11-9-20)23-13-12-19(4-2)24(26)25(23)27/h3,7,12-13,16,20-22H,1,4-6,8-11,14-15,17-18H2,2H3/b16-7+. The third kappa shape index (κ3) is 5.22. The molecule has 3 heteroatoms. The van der Waals surface area contributed by atoms with Gasteiger partial charge in [0.15, 0.2) is 11.6 Å². The molecule has 3 rings (SSSR count). The quantitative estimate of drug-likeness (QED) is 0.249. The summed E-state index contributed by atoms with van der Waals surface area (Å²) in [4.78, 5) is 0. The van der Waals surface area contributed by atoms with E-state index in [4.69, 9.17) is 0 Å². The second-order valence-corrected chi connectivity index (χ2v) is 11.3. The molecule has 0 amide bonds. The molecule has 0 N–H and O–H groups in total. The lowest BCUT2D eigenvalue weighted by Crippen LogP contribution is -2.27. The zero-order chi connectivity index (χ0) is 19.9. The van der Waals surface area contributed by atoms with Crippen LogP contribution in [0.25, 0.3) is 0 Å². The van der Waals surface area contributed by atoms with Crippen LogP contribution in [0.4, 0.5) is 8.78 Å². The lowest BCUT2D eigenvalue weighted by molar-refractivity contribution is 0.215. The van der Waals surface area contributed by atoms with Crippen molar-refractivity contribution in [3.8, 4) is 0 Å². The highest BCUT2D eigenvalue weighted by atomic mass is 28.3. The zero-order valence-corrected chi connectivity index (χ0v) is 18.4. The van der Waals surface area contributed by atoms with Gasteiger partial charge in [0.05, 0.1) is 8.80 Å². The third-order valence-corrected chi connectivity index (χ3v) is 9.58. The number of allylic oxidation sites excluding steroid dienone is 2. The summed E-state index contributed by atoms with van der Waals surface area (Å²) < 4.78 is 28.7. The van der Waals surface area contributed by atoms with Gasteiger partial charge in [-0.25, -0.2) is 8.78 Å². The van der Waals surface area contributed by atoms with Crippen molar-refractivity contribution in [1.29, 1.82) is 0 Å². The molecule has 0 bridgehead atoms. The van der Waals surface area contributed by atoms with E-state index in [9.17, 15) is 8.78 Å². The Labute approximate surface area is 171 Å². The number of hydrogen-bond acceptors (Lipinski definition) is 0. The molecule has 1 radical (unpaired) electrons. The lowest BCUT2D eigenvalue weighted by Gasteiger charge is -2.37. The molecule has 1 aromatic rings. The molecule has 1 aliphatic heterocycles. The number of hydrogen-bond donors (Lipinski definition) is 0. The Morgan fingerprint density at radius 2 is 1.64 bits per heavy atom. The molecule has 28 heavy (non-hydrogen) atoms. The molecule has 1 heterocycles. The lowest BCUT2D eigenvalue weighted by atomic mass is 9.72. The maximum Gasteiger partial charge on any atom is 0.162 e. The average Bonchev–Trinajstić information content (AvgIpc) is 2.74. The summed E-state index contributed by atoms with van der Waals surface area (Å²) in [6, 6.07) is 6.46. The number of halogens is 2. The minimum absolute atomic E-state index is 0.202. The smallest absolute Gasteiger partial charge is 0.162 e. The largest absolute Gasteiger partial charge is 0.203 e. The van der Waals surface area contributed by atoms with E-state index in [0.717, 1.165) is 37.5 Å². The number of unbranched alkanes of at least 4 members (excludes halogenated alkanes) is 1. The Balaban J connectivity index is 1.48. The predicted molar refractivity (Wildman–Crippen MR) is 117 cm³/mol. The molecular weight excluding hydrogens is 366 g/mol. The van der Waals surface area contributed by atoms with Gasteiger partial charge in [0.1, 0.15) is 0 Å². The van der Waals surface area contributed by atoms with Gasteiger partial charge in [0.2, 0.25) is 0 Å². The van der Waals surface area contributed by atoms with E-state index >= 15 is 0 Å². The van der Waals surface area contributed by atoms with Crippen molar-refractivity contribution in [2.45, 2.75) is 82.7 Å². The zero-order valence-electron chi connectivity index (χ0n) is 17.4. The first-order chi connectivity index (χ1) is 13.6. The van der Waals surface area contributed by atoms with Gasteiger partial charge in [0.25, 0.3) is 0 Å². The van der Waals surface area contributed by atoms with Crippen LogP contribution >= 0.6 is 0 Å². The highest BCUT2D eigenvalue weighted by Gasteiger charge is 2.32. The normalized spacial score (nSPS) is 24.7. The van der Waals surface area contributed by atoms with E-state index in [-0.39, 0.29) is 14.7 Å². The van der Waals surface area contributed by atoms with Crippen LogP contribution in [0, 0.1) is 23.5 Å². The summed E-state index contributed by atoms with van der Waals surface area (Å²) in [5.41, 5.74) is 3.64. The van der Waals surface area contributed by atoms with Crippen molar-refractivity contribution in [2.75, 3.05) is 0 Å². The van der Waals surface area contributed by atoms with Crippen LogP contribution in [0.1, 0.15) is 75.3 Å². The highest BCUT2D eigenvalue weighted by molar-refractivity contribution is 6.64. The number of rotatable bonds is 7. The van der Waals surface area contributed by atoms with Crippen LogP contribution < -0.4 is 0 Å². The minimum Gasteiger partial charge on any atom is -0.203 e. The molecule has 0 unspecified atom stereocenters. The Morgan fingerprint density at radius 1 is 0.964 bits per heavy atom. The number of aryl methyl sites for hydroxylation is 1. The molecule has 2 aliphatic rings. The van der Waals surface area contributed by atoms with Crippen molar-refractivity contribution < 1.29 is 8.78 Å². The van der Waals surface area contributed by atoms with E-state index in [2.05, 4.69) is 18.4 Å². The summed E-state index contributed by atoms with van der Waals surface area (Å²) in [6.45, 7) is 5.65. The molecule has 2 fully saturated rings. The summed E-state index contributed by atoms with van der Waals surface area (Å²) in [5.74, 6) is 0.654. The van der Waals surface area contributed by atoms with Gasteiger partial charge < -0.3 is 0 Å². The highest BCUT2D eigenvalue weighted by Crippen LogP contribution is 2.44. The van der Waals surface area contributed by atoms with Crippen LogP contribution in [0.3, 0.4) is 0 Å². The Bertz CT molecular complexity index is 665. The molecular formula is C25H35F2Si. The van der Waals surface area contributed by atoms with Crippen molar-refractivity contribution in [3.63, 3.8) is 0 Å². The van der Waals surface area contributed by atoms with Crippen molar-refractivity contribution in [3.05, 3.63) is 59.3 Å². The summed E-state index contributed by atoms with van der Waals surface area (Å²) >= 11 is 0. The van der Waals surface area contributed by atoms with Crippen LogP contribution in [-0.4, -0.2) is 8.80 Å². The molecule has 153 valence electrons. The van der Waals surface area contributed by atoms with Gasteiger partial charge in [-0.2, -0.15) is 0 Å². The Hall–Kier alpha value is -1.22. The molecule has 0 spiro atoms. The maximum absolute atomic E-state index is 14.5. The van der Waals surface area contributed by atoms with Crippen LogP contribution in [-0.2, 0) is 6.42 Å². The topological polar surface area (TPSA) is 0 Å². The summed E-state index contributed by atoms with van der Waals surface area (Å²) in [7, 11) is -0.275. The summed E-state index contributed by atoms with van der Waals surface area (Å²) in [5, 5.41) is 0. The van der Waals surface area contributed by atoms with Gasteiger partial charge >= 0.3 is 0 Å². The SMILES string of the molecule is C=CCC/C=C/[Si]1CCC(C2CCC(c3ccc(CC)c(F)c3F)CC2)CC1. The second-order valence-electron chi connectivity index (χ2n) is 8.67. The maximum atomic E-state index is 14.5. The fourth-order valence-corrected chi connectivity index (χ4v) is 7.77. The van der Waals surface area contributed by atoms with E-state index in [0.29, 0.717) is 17.5 Å². The first-order valence-electron chi connectivity index (χ1n) is 11.2. The first kappa shape index (κ1) is 21.5. The average molecular weight is 402 g/mol. The van der Waals surface area contributed by atoms with Gasteiger partial charge in [-0.1, -0.05) is 56.1 Å². The minimum atomic E-state index is -0.620. The van der Waals surface area contributed by atoms with Crippen LogP contribution in [0.5, 0.6) is 0 Å². The van der Waals surface area contributed by atoms with Crippen molar-refractivity contribution >= 4 is 8.80 Å². The molecule has 0 nitrogen and oxygen atoms in total. The van der Waals surface area contributed by atoms with Crippen molar-refractivity contribution in [1.82, 2.24) is 0 Å². The van der Waals surface area contributed by atoms with E-state index in [1.807, 2.05) is 19.1 Å². The molecule has 0 atom stereocenters. The van der Waals surface area contributed by atoms with Gasteiger partial charge in [-0.15, -0.1) is 12.3 Å². The molecule has 1 aliphatic carbocycles. The molecule has 1 saturated heterocycles. The summed E-state index contributed by atoms with van der Waals surface area (Å²) in [6.07, 6.45) is 14.3. The monoisotopic (exact) mass is 401 g/mol. The molecule has 0 aromatic heterocycles. The number of benzene rings is 1. The predicted octanol–water partition coefficient (Wildman–Crippen LogP) is 7.77.